The molecule has 3 atom stereocenters. The molecule has 1 saturated heterocycles. The first kappa shape index (κ1) is 29.2. The molecule has 0 spiro atoms. The van der Waals surface area contributed by atoms with E-state index in [0.717, 1.165) is 17.6 Å². The van der Waals surface area contributed by atoms with Gasteiger partial charge in [-0.15, -0.1) is 4.80 Å². The van der Waals surface area contributed by atoms with Crippen LogP contribution in [-0.4, -0.2) is 68.3 Å². The fraction of sp³-hybridized carbons (Fsp3) is 0.448. The summed E-state index contributed by atoms with van der Waals surface area (Å²) < 4.78 is 14.8. The third-order valence-corrected chi connectivity index (χ3v) is 8.98. The Labute approximate surface area is 246 Å². The molecule has 1 aliphatic carbocycles. The topological polar surface area (TPSA) is 144 Å². The predicted molar refractivity (Wildman–Crippen MR) is 157 cm³/mol. The van der Waals surface area contributed by atoms with Crippen molar-refractivity contribution < 1.29 is 14.3 Å². The molecular formula is C29H34N8O4S. The van der Waals surface area contributed by atoms with Crippen LogP contribution in [0.15, 0.2) is 52.8 Å². The maximum absolute atomic E-state index is 14.3. The second-order valence-corrected chi connectivity index (χ2v) is 11.5. The monoisotopic (exact) mass is 590 g/mol. The van der Waals surface area contributed by atoms with E-state index in [0.29, 0.717) is 33.9 Å². The van der Waals surface area contributed by atoms with E-state index in [4.69, 9.17) is 14.9 Å². The first-order chi connectivity index (χ1) is 20.2. The Morgan fingerprint density at radius 1 is 1.24 bits per heavy atom. The third-order valence-electron chi connectivity index (χ3n) is 7.70. The highest BCUT2D eigenvalue weighted by molar-refractivity contribution is 7.21. The first-order valence-corrected chi connectivity index (χ1v) is 14.6. The van der Waals surface area contributed by atoms with Crippen molar-refractivity contribution in [3.8, 4) is 11.1 Å². The molecule has 4 heterocycles. The lowest BCUT2D eigenvalue weighted by atomic mass is 9.95. The summed E-state index contributed by atoms with van der Waals surface area (Å²) in [5.41, 5.74) is 1.40. The number of ether oxygens (including phenoxy) is 2. The van der Waals surface area contributed by atoms with Crippen molar-refractivity contribution in [3.63, 3.8) is 0 Å². The van der Waals surface area contributed by atoms with Crippen molar-refractivity contribution in [1.82, 2.24) is 29.0 Å². The SMILES string of the molecule is COC1=CC([C@H](Cn2c(=O)n(C3CCN(C)C3=O)c(=N)c3c(C)c(-n4nccn4)sc32)OCCC#N)/C=C(/C)C/C=C\1. The van der Waals surface area contributed by atoms with Gasteiger partial charge in [-0.2, -0.15) is 15.5 Å². The van der Waals surface area contributed by atoms with Crippen LogP contribution < -0.4 is 11.2 Å². The van der Waals surface area contributed by atoms with E-state index in [2.05, 4.69) is 22.3 Å². The highest BCUT2D eigenvalue weighted by Gasteiger charge is 2.34. The minimum absolute atomic E-state index is 0.0117. The number of hydrogen-bond donors (Lipinski definition) is 1. The molecular weight excluding hydrogens is 556 g/mol. The predicted octanol–water partition coefficient (Wildman–Crippen LogP) is 2.99. The van der Waals surface area contributed by atoms with Crippen LogP contribution in [0.2, 0.25) is 0 Å². The maximum atomic E-state index is 14.3. The third kappa shape index (κ3) is 5.47. The van der Waals surface area contributed by atoms with Gasteiger partial charge in [0.25, 0.3) is 0 Å². The highest BCUT2D eigenvalue weighted by atomic mass is 32.1. The molecule has 3 aromatic heterocycles. The number of amides is 1. The van der Waals surface area contributed by atoms with Gasteiger partial charge in [-0.05, 0) is 38.8 Å². The zero-order valence-corrected chi connectivity index (χ0v) is 24.9. The Bertz CT molecular complexity index is 1740. The van der Waals surface area contributed by atoms with E-state index in [1.807, 2.05) is 32.1 Å². The zero-order valence-electron chi connectivity index (χ0n) is 24.1. The molecule has 0 radical (unpaired) electrons. The summed E-state index contributed by atoms with van der Waals surface area (Å²) >= 11 is 1.32. The number of thiophene rings is 1. The van der Waals surface area contributed by atoms with Crippen LogP contribution in [0.5, 0.6) is 0 Å². The van der Waals surface area contributed by atoms with E-state index >= 15 is 0 Å². The number of carbonyl (C=O) groups is 1. The summed E-state index contributed by atoms with van der Waals surface area (Å²) in [4.78, 5) is 31.1. The van der Waals surface area contributed by atoms with Gasteiger partial charge in [0.15, 0.2) is 0 Å². The summed E-state index contributed by atoms with van der Waals surface area (Å²) in [7, 11) is 3.31. The number of aromatic nitrogens is 5. The van der Waals surface area contributed by atoms with Gasteiger partial charge >= 0.3 is 5.69 Å². The zero-order chi connectivity index (χ0) is 30.0. The molecule has 5 rings (SSSR count). The normalized spacial score (nSPS) is 21.8. The minimum Gasteiger partial charge on any atom is -0.497 e. The summed E-state index contributed by atoms with van der Waals surface area (Å²) in [6.45, 7) is 4.72. The lowest BCUT2D eigenvalue weighted by molar-refractivity contribution is -0.129. The second-order valence-electron chi connectivity index (χ2n) is 10.5. The van der Waals surface area contributed by atoms with Crippen molar-refractivity contribution in [2.45, 2.75) is 51.8 Å². The van der Waals surface area contributed by atoms with Crippen molar-refractivity contribution in [3.05, 3.63) is 69.6 Å². The van der Waals surface area contributed by atoms with Gasteiger partial charge in [-0.25, -0.2) is 4.79 Å². The van der Waals surface area contributed by atoms with E-state index in [-0.39, 0.29) is 36.9 Å². The van der Waals surface area contributed by atoms with E-state index in [9.17, 15) is 14.9 Å². The van der Waals surface area contributed by atoms with Crippen LogP contribution >= 0.6 is 11.3 Å². The Morgan fingerprint density at radius 3 is 2.67 bits per heavy atom. The summed E-state index contributed by atoms with van der Waals surface area (Å²) in [6, 6.07) is 1.35. The van der Waals surface area contributed by atoms with Crippen LogP contribution in [-0.2, 0) is 20.8 Å². The van der Waals surface area contributed by atoms with E-state index < -0.39 is 17.8 Å². The van der Waals surface area contributed by atoms with E-state index in [1.54, 1.807) is 36.0 Å². The molecule has 12 nitrogen and oxygen atoms in total. The molecule has 1 amide bonds. The Balaban J connectivity index is 1.73. The number of nitrogens with one attached hydrogen (secondary N) is 1. The number of aryl methyl sites for hydroxylation is 1. The number of hydrogen-bond acceptors (Lipinski definition) is 9. The molecule has 2 aliphatic rings. The Hall–Kier alpha value is -4.28. The number of methoxy groups -OCH3 is 1. The summed E-state index contributed by atoms with van der Waals surface area (Å²) in [6.07, 6.45) is 12.0. The number of nitriles is 1. The lowest BCUT2D eigenvalue weighted by Gasteiger charge is -2.26. The van der Waals surface area contributed by atoms with Gasteiger partial charge in [0.1, 0.15) is 27.1 Å². The van der Waals surface area contributed by atoms with E-state index in [1.165, 1.54) is 20.7 Å². The number of carbonyl (C=O) groups excluding carboxylic acids is 1. The Morgan fingerprint density at radius 2 is 2.00 bits per heavy atom. The molecule has 0 bridgehead atoms. The van der Waals surface area contributed by atoms with Gasteiger partial charge in [0, 0.05) is 25.1 Å². The Kier molecular flexibility index (Phi) is 8.56. The molecule has 0 aromatic carbocycles. The molecule has 1 fully saturated rings. The molecule has 13 heteroatoms. The molecule has 3 aromatic rings. The molecule has 220 valence electrons. The standard InChI is InChI=1S/C29H34N8O4S/c1-18-7-5-8-21(40-4)16-20(15-18)23(41-14-6-10-30)17-35-28-24(19(2)27(42-28)37-32-11-12-33-37)25(31)36(29(35)39)22-9-13-34(3)26(22)38/h5,8,11-12,15-16,20,22-23,31H,6-7,9,13-14,17H2,1-4H3/b8-5-,18-15-,21-16?,31-25?/t20?,22?,23-/m0/s1. The lowest BCUT2D eigenvalue weighted by Crippen LogP contribution is -2.46. The van der Waals surface area contributed by atoms with Crippen molar-refractivity contribution in [2.75, 3.05) is 27.3 Å². The number of likely N-dealkylation sites (tertiary alicyclic amines) is 1. The number of likely N-dealkylation sites (N-methyl/N-ethyl adjacent to an activating group) is 1. The average molecular weight is 591 g/mol. The minimum atomic E-state index is -0.775. The summed E-state index contributed by atoms with van der Waals surface area (Å²) in [5.74, 6) is 0.200. The molecule has 1 aliphatic heterocycles. The maximum Gasteiger partial charge on any atom is 0.331 e. The molecule has 42 heavy (non-hydrogen) atoms. The van der Waals surface area contributed by atoms with Gasteiger partial charge in [-0.3, -0.25) is 19.3 Å². The quantitative estimate of drug-likeness (QED) is 0.298. The fourth-order valence-electron chi connectivity index (χ4n) is 5.52. The molecule has 1 N–H and O–H groups in total. The van der Waals surface area contributed by atoms with Gasteiger partial charge in [0.2, 0.25) is 5.91 Å². The fourth-order valence-corrected chi connectivity index (χ4v) is 6.75. The van der Waals surface area contributed by atoms with Gasteiger partial charge in [-0.1, -0.05) is 29.1 Å². The first-order valence-electron chi connectivity index (χ1n) is 13.8. The van der Waals surface area contributed by atoms with Crippen molar-refractivity contribution in [1.29, 1.82) is 10.7 Å². The van der Waals surface area contributed by atoms with Crippen LogP contribution in [0.1, 0.15) is 37.8 Å². The molecule has 2 unspecified atom stereocenters. The van der Waals surface area contributed by atoms with Crippen molar-refractivity contribution in [2.24, 2.45) is 5.92 Å². The van der Waals surface area contributed by atoms with Gasteiger partial charge in [0.05, 0.1) is 56.6 Å². The number of nitrogens with zero attached hydrogens (tertiary/aromatic N) is 7. The van der Waals surface area contributed by atoms with Crippen LogP contribution in [0.25, 0.3) is 15.2 Å². The van der Waals surface area contributed by atoms with Crippen molar-refractivity contribution >= 4 is 27.5 Å². The largest absolute Gasteiger partial charge is 0.497 e. The smallest absolute Gasteiger partial charge is 0.331 e. The average Bonchev–Trinajstić information content (AvgIpc) is 3.68. The molecule has 0 saturated carbocycles. The van der Waals surface area contributed by atoms with Crippen LogP contribution in [0.3, 0.4) is 0 Å². The van der Waals surface area contributed by atoms with Gasteiger partial charge < -0.3 is 14.4 Å². The van der Waals surface area contributed by atoms with Crippen LogP contribution in [0.4, 0.5) is 0 Å². The number of fused-ring (bicyclic) bond motifs is 1. The number of rotatable bonds is 9. The van der Waals surface area contributed by atoms with Crippen LogP contribution in [0, 0.1) is 29.6 Å². The second kappa shape index (κ2) is 12.3. The summed E-state index contributed by atoms with van der Waals surface area (Å²) in [5, 5.41) is 28.2. The number of allylic oxidation sites excluding steroid dienone is 3. The highest BCUT2D eigenvalue weighted by Crippen LogP contribution is 2.32.